The summed E-state index contributed by atoms with van der Waals surface area (Å²) >= 11 is 0. The zero-order chi connectivity index (χ0) is 18.6. The van der Waals surface area contributed by atoms with E-state index in [4.69, 9.17) is 4.74 Å². The second kappa shape index (κ2) is 10.1. The molecule has 3 fully saturated rings. The van der Waals surface area contributed by atoms with Crippen LogP contribution in [0.3, 0.4) is 0 Å². The molecular weight excluding hydrogens is 465 g/mol. The third-order valence-corrected chi connectivity index (χ3v) is 6.31. The Labute approximate surface area is 186 Å². The summed E-state index contributed by atoms with van der Waals surface area (Å²) in [6.07, 6.45) is 7.85. The number of aromatic nitrogens is 1. The second-order valence-electron chi connectivity index (χ2n) is 8.26. The maximum absolute atomic E-state index is 5.62. The van der Waals surface area contributed by atoms with Crippen molar-refractivity contribution in [3.05, 3.63) is 23.9 Å². The molecule has 0 aromatic carbocycles. The Bertz CT molecular complexity index is 639. The number of nitrogens with zero attached hydrogens (tertiary/aromatic N) is 4. The SMILES string of the molecule is CN=C(NCc1ccc(N2CCOC(C)C2)nc1)N1CC2CCCCC2C1.I. The molecule has 4 rings (SSSR count). The normalized spacial score (nSPS) is 27.9. The van der Waals surface area contributed by atoms with E-state index in [2.05, 4.69) is 44.1 Å². The molecule has 0 radical (unpaired) electrons. The van der Waals surface area contributed by atoms with E-state index >= 15 is 0 Å². The van der Waals surface area contributed by atoms with Crippen molar-refractivity contribution in [1.82, 2.24) is 15.2 Å². The zero-order valence-corrected chi connectivity index (χ0v) is 19.5. The molecule has 1 aromatic rings. The van der Waals surface area contributed by atoms with Crippen LogP contribution in [0.2, 0.25) is 0 Å². The standard InChI is InChI=1S/C21H33N5O.HI/c1-16-13-25(9-10-27-16)20-8-7-17(11-23-20)12-24-21(22-2)26-14-18-5-3-4-6-19(18)15-26;/h7-8,11,16,18-19H,3-6,9-10,12-15H2,1-2H3,(H,22,24);1H. The molecule has 1 N–H and O–H groups in total. The van der Waals surface area contributed by atoms with Gasteiger partial charge in [-0.05, 0) is 43.2 Å². The van der Waals surface area contributed by atoms with E-state index in [1.807, 2.05) is 13.2 Å². The molecule has 1 saturated carbocycles. The van der Waals surface area contributed by atoms with E-state index in [9.17, 15) is 0 Å². The van der Waals surface area contributed by atoms with Gasteiger partial charge >= 0.3 is 0 Å². The fourth-order valence-electron chi connectivity index (χ4n) is 4.83. The highest BCUT2D eigenvalue weighted by Gasteiger charge is 2.35. The second-order valence-corrected chi connectivity index (χ2v) is 8.26. The molecule has 3 aliphatic rings. The van der Waals surface area contributed by atoms with Crippen LogP contribution < -0.4 is 10.2 Å². The van der Waals surface area contributed by atoms with Gasteiger partial charge in [-0.3, -0.25) is 4.99 Å². The van der Waals surface area contributed by atoms with Gasteiger partial charge in [-0.15, -0.1) is 24.0 Å². The lowest BCUT2D eigenvalue weighted by Gasteiger charge is -2.32. The lowest BCUT2D eigenvalue weighted by atomic mass is 9.82. The summed E-state index contributed by atoms with van der Waals surface area (Å²) in [5, 5.41) is 3.55. The molecule has 1 aliphatic carbocycles. The molecule has 7 heteroatoms. The minimum absolute atomic E-state index is 0. The minimum atomic E-state index is 0. The number of fused-ring (bicyclic) bond motifs is 1. The summed E-state index contributed by atoms with van der Waals surface area (Å²) < 4.78 is 5.62. The molecule has 3 unspecified atom stereocenters. The number of aliphatic imine (C=N–C) groups is 1. The number of ether oxygens (including phenoxy) is 1. The summed E-state index contributed by atoms with van der Waals surface area (Å²) in [4.78, 5) is 14.0. The van der Waals surface area contributed by atoms with Crippen molar-refractivity contribution in [2.45, 2.75) is 45.3 Å². The molecule has 156 valence electrons. The number of hydrogen-bond donors (Lipinski definition) is 1. The first-order chi connectivity index (χ1) is 13.2. The van der Waals surface area contributed by atoms with Gasteiger partial charge in [-0.1, -0.05) is 18.9 Å². The Hall–Kier alpha value is -1.09. The van der Waals surface area contributed by atoms with Crippen LogP contribution in [0.25, 0.3) is 0 Å². The number of rotatable bonds is 3. The van der Waals surface area contributed by atoms with E-state index < -0.39 is 0 Å². The van der Waals surface area contributed by atoms with Gasteiger partial charge < -0.3 is 19.9 Å². The number of halogens is 1. The number of nitrogens with one attached hydrogen (secondary N) is 1. The molecular formula is C21H34IN5O. The van der Waals surface area contributed by atoms with Gasteiger partial charge in [-0.25, -0.2) is 4.98 Å². The average Bonchev–Trinajstić information content (AvgIpc) is 3.13. The summed E-state index contributed by atoms with van der Waals surface area (Å²) in [5.41, 5.74) is 1.19. The number of morpholine rings is 1. The molecule has 2 aliphatic heterocycles. The van der Waals surface area contributed by atoms with Crippen molar-refractivity contribution in [3.63, 3.8) is 0 Å². The van der Waals surface area contributed by atoms with Crippen molar-refractivity contribution in [1.29, 1.82) is 0 Å². The average molecular weight is 499 g/mol. The first-order valence-electron chi connectivity index (χ1n) is 10.5. The Morgan fingerprint density at radius 3 is 2.57 bits per heavy atom. The van der Waals surface area contributed by atoms with Crippen LogP contribution in [0.5, 0.6) is 0 Å². The van der Waals surface area contributed by atoms with Gasteiger partial charge in [0, 0.05) is 46.0 Å². The lowest BCUT2D eigenvalue weighted by Crippen LogP contribution is -2.41. The number of anilines is 1. The maximum atomic E-state index is 5.62. The summed E-state index contributed by atoms with van der Waals surface area (Å²) in [6.45, 7) is 7.82. The first kappa shape index (κ1) is 21.6. The summed E-state index contributed by atoms with van der Waals surface area (Å²) in [5.74, 6) is 3.82. The number of hydrogen-bond acceptors (Lipinski definition) is 4. The third-order valence-electron chi connectivity index (χ3n) is 6.31. The van der Waals surface area contributed by atoms with Gasteiger partial charge in [0.25, 0.3) is 0 Å². The third kappa shape index (κ3) is 5.09. The quantitative estimate of drug-likeness (QED) is 0.394. The predicted octanol–water partition coefficient (Wildman–Crippen LogP) is 3.12. The molecule has 28 heavy (non-hydrogen) atoms. The highest BCUT2D eigenvalue weighted by Crippen LogP contribution is 2.35. The Morgan fingerprint density at radius 1 is 1.21 bits per heavy atom. The predicted molar refractivity (Wildman–Crippen MR) is 124 cm³/mol. The molecule has 0 spiro atoms. The van der Waals surface area contributed by atoms with Crippen LogP contribution >= 0.6 is 24.0 Å². The van der Waals surface area contributed by atoms with Crippen LogP contribution in [-0.4, -0.2) is 61.8 Å². The van der Waals surface area contributed by atoms with Crippen LogP contribution in [0.1, 0.15) is 38.2 Å². The highest BCUT2D eigenvalue weighted by molar-refractivity contribution is 14.0. The number of likely N-dealkylation sites (tertiary alicyclic amines) is 1. The zero-order valence-electron chi connectivity index (χ0n) is 17.1. The van der Waals surface area contributed by atoms with Gasteiger partial charge in [0.15, 0.2) is 5.96 Å². The summed E-state index contributed by atoms with van der Waals surface area (Å²) in [6, 6.07) is 4.30. The minimum Gasteiger partial charge on any atom is -0.375 e. The van der Waals surface area contributed by atoms with Crippen LogP contribution in [0.4, 0.5) is 5.82 Å². The summed E-state index contributed by atoms with van der Waals surface area (Å²) in [7, 11) is 1.89. The largest absolute Gasteiger partial charge is 0.375 e. The van der Waals surface area contributed by atoms with Gasteiger partial charge in [0.1, 0.15) is 5.82 Å². The molecule has 0 amide bonds. The fourth-order valence-corrected chi connectivity index (χ4v) is 4.83. The van der Waals surface area contributed by atoms with Gasteiger partial charge in [0.05, 0.1) is 12.7 Å². The smallest absolute Gasteiger partial charge is 0.193 e. The van der Waals surface area contributed by atoms with Gasteiger partial charge in [0.2, 0.25) is 0 Å². The maximum Gasteiger partial charge on any atom is 0.193 e. The van der Waals surface area contributed by atoms with E-state index in [1.165, 1.54) is 31.2 Å². The van der Waals surface area contributed by atoms with Gasteiger partial charge in [-0.2, -0.15) is 0 Å². The number of pyridine rings is 1. The van der Waals surface area contributed by atoms with Crippen LogP contribution in [0, 0.1) is 11.8 Å². The van der Waals surface area contributed by atoms with Crippen LogP contribution in [-0.2, 0) is 11.3 Å². The highest BCUT2D eigenvalue weighted by atomic mass is 127. The van der Waals surface area contributed by atoms with Crippen molar-refractivity contribution in [2.75, 3.05) is 44.7 Å². The molecule has 3 atom stereocenters. The molecule has 3 heterocycles. The van der Waals surface area contributed by atoms with E-state index in [-0.39, 0.29) is 30.1 Å². The monoisotopic (exact) mass is 499 g/mol. The van der Waals surface area contributed by atoms with Crippen molar-refractivity contribution >= 4 is 35.8 Å². The van der Waals surface area contributed by atoms with Crippen LogP contribution in [0.15, 0.2) is 23.3 Å². The van der Waals surface area contributed by atoms with E-state index in [0.29, 0.717) is 0 Å². The Morgan fingerprint density at radius 2 is 1.96 bits per heavy atom. The topological polar surface area (TPSA) is 53.0 Å². The van der Waals surface area contributed by atoms with E-state index in [0.717, 1.165) is 62.9 Å². The van der Waals surface area contributed by atoms with Crippen molar-refractivity contribution in [2.24, 2.45) is 16.8 Å². The fraction of sp³-hybridized carbons (Fsp3) is 0.714. The van der Waals surface area contributed by atoms with E-state index in [1.54, 1.807) is 0 Å². The first-order valence-corrected chi connectivity index (χ1v) is 10.5. The molecule has 0 bridgehead atoms. The van der Waals surface area contributed by atoms with Crippen molar-refractivity contribution < 1.29 is 4.74 Å². The Kier molecular flexibility index (Phi) is 7.79. The van der Waals surface area contributed by atoms with Crippen molar-refractivity contribution in [3.8, 4) is 0 Å². The number of guanidine groups is 1. The lowest BCUT2D eigenvalue weighted by molar-refractivity contribution is 0.0529. The molecule has 2 saturated heterocycles. The molecule has 1 aromatic heterocycles. The molecule has 6 nitrogen and oxygen atoms in total. The Balaban J connectivity index is 0.00000225.